The van der Waals surface area contributed by atoms with E-state index in [2.05, 4.69) is 5.32 Å². The number of anilines is 1. The fraction of sp³-hybridized carbons (Fsp3) is 0.355. The molecule has 10 heteroatoms. The van der Waals surface area contributed by atoms with Gasteiger partial charge in [-0.2, -0.15) is 0 Å². The molecule has 3 rings (SSSR count). The molecule has 0 saturated carbocycles. The van der Waals surface area contributed by atoms with Crippen molar-refractivity contribution in [1.29, 1.82) is 0 Å². The van der Waals surface area contributed by atoms with Crippen molar-refractivity contribution in [3.63, 3.8) is 0 Å². The van der Waals surface area contributed by atoms with E-state index < -0.39 is 27.7 Å². The van der Waals surface area contributed by atoms with Gasteiger partial charge < -0.3 is 10.2 Å². The normalized spacial score (nSPS) is 12.2. The van der Waals surface area contributed by atoms with E-state index in [1.165, 1.54) is 6.07 Å². The summed E-state index contributed by atoms with van der Waals surface area (Å²) in [7, 11) is -3.85. The maximum atomic E-state index is 13.9. The molecule has 0 spiro atoms. The molecule has 220 valence electrons. The quantitative estimate of drug-likeness (QED) is 0.307. The molecule has 0 fully saturated rings. The minimum absolute atomic E-state index is 0.0336. The first kappa shape index (κ1) is 31.7. The number of sulfonamides is 1. The molecule has 1 atom stereocenters. The smallest absolute Gasteiger partial charge is 0.243 e. The number of halogens is 2. The Labute approximate surface area is 241 Å². The number of hydrogen-bond donors (Lipinski definition) is 1. The Balaban J connectivity index is 1.89. The second-order valence-electron chi connectivity index (χ2n) is 10.4. The summed E-state index contributed by atoms with van der Waals surface area (Å²) in [6, 6.07) is 19.0. The van der Waals surface area contributed by atoms with E-state index in [9.17, 15) is 26.8 Å². The third kappa shape index (κ3) is 9.38. The number of carbonyl (C=O) groups is 2. The van der Waals surface area contributed by atoms with Crippen LogP contribution in [0.4, 0.5) is 14.5 Å². The van der Waals surface area contributed by atoms with Crippen molar-refractivity contribution >= 4 is 27.5 Å². The molecule has 2 amide bonds. The van der Waals surface area contributed by atoms with Gasteiger partial charge in [-0.3, -0.25) is 13.9 Å². The summed E-state index contributed by atoms with van der Waals surface area (Å²) < 4.78 is 53.2. The first-order chi connectivity index (χ1) is 19.3. The molecular formula is C31H37F2N3O4S. The van der Waals surface area contributed by atoms with Crippen LogP contribution >= 0.6 is 0 Å². The number of nitrogens with zero attached hydrogens (tertiary/aromatic N) is 2. The summed E-state index contributed by atoms with van der Waals surface area (Å²) in [4.78, 5) is 28.8. The summed E-state index contributed by atoms with van der Waals surface area (Å²) in [5.74, 6) is -2.88. The summed E-state index contributed by atoms with van der Waals surface area (Å²) >= 11 is 0. The lowest BCUT2D eigenvalue weighted by atomic mass is 10.0. The standard InChI is InChI=1S/C31H37F2N3O4S/c1-22(2)34-31(38)29(19-24-11-6-5-7-12-24)35(21-25-13-8-10-23(3)18-25)30(37)14-9-17-36(41(4,39)40)26-15-16-27(32)28(33)20-26/h5-8,10-13,15-16,18,20,22,29H,9,14,17,19,21H2,1-4H3,(H,34,38)/t29-/m0/s1. The predicted octanol–water partition coefficient (Wildman–Crippen LogP) is 4.98. The highest BCUT2D eigenvalue weighted by Crippen LogP contribution is 2.22. The van der Waals surface area contributed by atoms with Gasteiger partial charge >= 0.3 is 0 Å². The lowest BCUT2D eigenvalue weighted by Crippen LogP contribution is -2.51. The highest BCUT2D eigenvalue weighted by molar-refractivity contribution is 7.92. The van der Waals surface area contributed by atoms with E-state index in [1.807, 2.05) is 75.4 Å². The maximum Gasteiger partial charge on any atom is 0.243 e. The molecule has 41 heavy (non-hydrogen) atoms. The molecular weight excluding hydrogens is 548 g/mol. The second kappa shape index (κ2) is 14.2. The van der Waals surface area contributed by atoms with E-state index in [0.717, 1.165) is 39.4 Å². The number of aryl methyl sites for hydroxylation is 1. The van der Waals surface area contributed by atoms with Gasteiger partial charge in [-0.15, -0.1) is 0 Å². The fourth-order valence-corrected chi connectivity index (χ4v) is 5.54. The zero-order valence-electron chi connectivity index (χ0n) is 23.8. The SMILES string of the molecule is Cc1cccc(CN(C(=O)CCCN(c2ccc(F)c(F)c2)S(C)(=O)=O)[C@@H](Cc2ccccc2)C(=O)NC(C)C)c1. The van der Waals surface area contributed by atoms with E-state index in [4.69, 9.17) is 0 Å². The highest BCUT2D eigenvalue weighted by atomic mass is 32.2. The zero-order valence-corrected chi connectivity index (χ0v) is 24.6. The second-order valence-corrected chi connectivity index (χ2v) is 12.3. The summed E-state index contributed by atoms with van der Waals surface area (Å²) in [6.07, 6.45) is 1.29. The van der Waals surface area contributed by atoms with Crippen molar-refractivity contribution in [2.75, 3.05) is 17.1 Å². The van der Waals surface area contributed by atoms with Gasteiger partial charge in [-0.05, 0) is 50.5 Å². The first-order valence-electron chi connectivity index (χ1n) is 13.5. The van der Waals surface area contributed by atoms with Crippen molar-refractivity contribution in [2.24, 2.45) is 0 Å². The van der Waals surface area contributed by atoms with Crippen LogP contribution in [-0.4, -0.2) is 50.0 Å². The number of nitrogens with one attached hydrogen (secondary N) is 1. The van der Waals surface area contributed by atoms with Gasteiger partial charge in [0.05, 0.1) is 11.9 Å². The van der Waals surface area contributed by atoms with Gasteiger partial charge in [0, 0.05) is 38.0 Å². The van der Waals surface area contributed by atoms with Crippen molar-refractivity contribution in [3.8, 4) is 0 Å². The van der Waals surface area contributed by atoms with Crippen LogP contribution in [0.2, 0.25) is 0 Å². The zero-order chi connectivity index (χ0) is 30.2. The largest absolute Gasteiger partial charge is 0.352 e. The Morgan fingerprint density at radius 3 is 2.20 bits per heavy atom. The number of hydrogen-bond acceptors (Lipinski definition) is 4. The van der Waals surface area contributed by atoms with Gasteiger partial charge in [-0.25, -0.2) is 17.2 Å². The van der Waals surface area contributed by atoms with Crippen LogP contribution in [0.3, 0.4) is 0 Å². The van der Waals surface area contributed by atoms with E-state index in [0.29, 0.717) is 6.42 Å². The topological polar surface area (TPSA) is 86.8 Å². The molecule has 3 aromatic rings. The van der Waals surface area contributed by atoms with Crippen molar-refractivity contribution in [2.45, 2.75) is 58.7 Å². The van der Waals surface area contributed by atoms with E-state index in [1.54, 1.807) is 4.90 Å². The number of amides is 2. The molecule has 0 aliphatic carbocycles. The maximum absolute atomic E-state index is 13.9. The van der Waals surface area contributed by atoms with Gasteiger partial charge in [0.15, 0.2) is 11.6 Å². The molecule has 0 aliphatic rings. The van der Waals surface area contributed by atoms with Crippen molar-refractivity contribution < 1.29 is 26.8 Å². The molecule has 0 saturated heterocycles. The van der Waals surface area contributed by atoms with Gasteiger partial charge in [0.2, 0.25) is 21.8 Å². The summed E-state index contributed by atoms with van der Waals surface area (Å²) in [5, 5.41) is 2.93. The van der Waals surface area contributed by atoms with Crippen LogP contribution in [0.25, 0.3) is 0 Å². The summed E-state index contributed by atoms with van der Waals surface area (Å²) in [5.41, 5.74) is 2.72. The molecule has 0 unspecified atom stereocenters. The van der Waals surface area contributed by atoms with Gasteiger partial charge in [-0.1, -0.05) is 60.2 Å². The Hall–Kier alpha value is -3.79. The molecule has 0 heterocycles. The van der Waals surface area contributed by atoms with Crippen LogP contribution < -0.4 is 9.62 Å². The Morgan fingerprint density at radius 1 is 0.902 bits per heavy atom. The lowest BCUT2D eigenvalue weighted by Gasteiger charge is -2.32. The fourth-order valence-electron chi connectivity index (χ4n) is 4.59. The van der Waals surface area contributed by atoms with Crippen LogP contribution in [0.5, 0.6) is 0 Å². The molecule has 3 aromatic carbocycles. The Bertz CT molecular complexity index is 1450. The van der Waals surface area contributed by atoms with E-state index in [-0.39, 0.29) is 49.5 Å². The van der Waals surface area contributed by atoms with Crippen LogP contribution in [0.15, 0.2) is 72.8 Å². The molecule has 7 nitrogen and oxygen atoms in total. The van der Waals surface area contributed by atoms with Gasteiger partial charge in [0.25, 0.3) is 0 Å². The molecule has 0 aromatic heterocycles. The summed E-state index contributed by atoms with van der Waals surface area (Å²) in [6.45, 7) is 5.70. The van der Waals surface area contributed by atoms with Crippen molar-refractivity contribution in [1.82, 2.24) is 10.2 Å². The molecule has 0 bridgehead atoms. The average molecular weight is 586 g/mol. The lowest BCUT2D eigenvalue weighted by molar-refractivity contribution is -0.141. The monoisotopic (exact) mass is 585 g/mol. The van der Waals surface area contributed by atoms with Crippen LogP contribution in [-0.2, 0) is 32.6 Å². The minimum Gasteiger partial charge on any atom is -0.352 e. The third-order valence-corrected chi connectivity index (χ3v) is 7.67. The molecule has 1 N–H and O–H groups in total. The Kier molecular flexibility index (Phi) is 11.0. The minimum atomic E-state index is -3.85. The van der Waals surface area contributed by atoms with Crippen LogP contribution in [0.1, 0.15) is 43.4 Å². The van der Waals surface area contributed by atoms with E-state index >= 15 is 0 Å². The number of rotatable bonds is 13. The predicted molar refractivity (Wildman–Crippen MR) is 157 cm³/mol. The average Bonchev–Trinajstić information content (AvgIpc) is 2.89. The third-order valence-electron chi connectivity index (χ3n) is 6.48. The first-order valence-corrected chi connectivity index (χ1v) is 15.3. The Morgan fingerprint density at radius 2 is 1.59 bits per heavy atom. The highest BCUT2D eigenvalue weighted by Gasteiger charge is 2.31. The molecule has 0 aliphatic heterocycles. The van der Waals surface area contributed by atoms with Crippen LogP contribution in [0, 0.1) is 18.6 Å². The van der Waals surface area contributed by atoms with Gasteiger partial charge in [0.1, 0.15) is 6.04 Å². The number of benzene rings is 3. The molecule has 0 radical (unpaired) electrons. The van der Waals surface area contributed by atoms with Crippen molar-refractivity contribution in [3.05, 3.63) is 101 Å². The number of carbonyl (C=O) groups excluding carboxylic acids is 2.